The molecule has 8 heteroatoms. The third-order valence-corrected chi connectivity index (χ3v) is 5.90. The Labute approximate surface area is 160 Å². The first-order valence-corrected chi connectivity index (χ1v) is 9.99. The van der Waals surface area contributed by atoms with Crippen LogP contribution in [-0.2, 0) is 14.8 Å². The van der Waals surface area contributed by atoms with Gasteiger partial charge in [-0.05, 0) is 36.4 Å². The average Bonchev–Trinajstić information content (AvgIpc) is 3.04. The first-order chi connectivity index (χ1) is 13.5. The molecule has 0 radical (unpaired) electrons. The van der Waals surface area contributed by atoms with Crippen LogP contribution in [0.2, 0.25) is 0 Å². The van der Waals surface area contributed by atoms with Crippen LogP contribution < -0.4 is 14.8 Å². The van der Waals surface area contributed by atoms with Gasteiger partial charge < -0.3 is 14.5 Å². The lowest BCUT2D eigenvalue weighted by molar-refractivity contribution is -0.118. The van der Waals surface area contributed by atoms with Crippen molar-refractivity contribution in [3.8, 4) is 5.75 Å². The molecule has 2 heterocycles. The lowest BCUT2D eigenvalue weighted by atomic mass is 10.1. The molecule has 0 fully saturated rings. The van der Waals surface area contributed by atoms with Gasteiger partial charge in [0.2, 0.25) is 0 Å². The fourth-order valence-corrected chi connectivity index (χ4v) is 4.31. The zero-order valence-corrected chi connectivity index (χ0v) is 15.2. The summed E-state index contributed by atoms with van der Waals surface area (Å²) < 4.78 is 39.2. The van der Waals surface area contributed by atoms with Crippen molar-refractivity contribution in [3.63, 3.8) is 0 Å². The molecule has 7 nitrogen and oxygen atoms in total. The van der Waals surface area contributed by atoms with E-state index in [9.17, 15) is 13.2 Å². The number of hydrogen-bond donors (Lipinski definition) is 2. The van der Waals surface area contributed by atoms with Gasteiger partial charge in [-0.2, -0.15) is 0 Å². The first kappa shape index (κ1) is 16.6. The molecular formula is C20H14N2O5S. The monoisotopic (exact) mass is 394 g/mol. The predicted molar refractivity (Wildman–Crippen MR) is 105 cm³/mol. The molecule has 140 valence electrons. The smallest absolute Gasteiger partial charge is 0.262 e. The van der Waals surface area contributed by atoms with Gasteiger partial charge >= 0.3 is 0 Å². The topological polar surface area (TPSA) is 97.6 Å². The number of sulfonamides is 1. The molecule has 5 rings (SSSR count). The molecule has 0 bridgehead atoms. The number of anilines is 2. The second-order valence-corrected chi connectivity index (χ2v) is 8.09. The Morgan fingerprint density at radius 2 is 1.75 bits per heavy atom. The van der Waals surface area contributed by atoms with Gasteiger partial charge in [0, 0.05) is 16.8 Å². The molecule has 0 atom stereocenters. The summed E-state index contributed by atoms with van der Waals surface area (Å²) >= 11 is 0. The fourth-order valence-electron chi connectivity index (χ4n) is 3.23. The minimum absolute atomic E-state index is 0.0155. The second-order valence-electron chi connectivity index (χ2n) is 6.41. The van der Waals surface area contributed by atoms with E-state index in [-0.39, 0.29) is 17.4 Å². The molecule has 0 spiro atoms. The Balaban J connectivity index is 1.50. The van der Waals surface area contributed by atoms with Crippen molar-refractivity contribution in [2.45, 2.75) is 4.90 Å². The summed E-state index contributed by atoms with van der Waals surface area (Å²) in [4.78, 5) is 11.5. The molecule has 28 heavy (non-hydrogen) atoms. The predicted octanol–water partition coefficient (Wildman–Crippen LogP) is 3.72. The van der Waals surface area contributed by atoms with Crippen molar-refractivity contribution >= 4 is 49.2 Å². The number of nitrogens with one attached hydrogen (secondary N) is 2. The van der Waals surface area contributed by atoms with Crippen molar-refractivity contribution in [2.24, 2.45) is 0 Å². The number of furan rings is 1. The number of fused-ring (bicyclic) bond motifs is 4. The van der Waals surface area contributed by atoms with Crippen LogP contribution in [0.5, 0.6) is 5.75 Å². The molecule has 0 unspecified atom stereocenters. The van der Waals surface area contributed by atoms with Crippen LogP contribution in [0, 0.1) is 0 Å². The summed E-state index contributed by atoms with van der Waals surface area (Å²) in [7, 11) is -3.86. The van der Waals surface area contributed by atoms with E-state index >= 15 is 0 Å². The lowest BCUT2D eigenvalue weighted by Gasteiger charge is -2.18. The molecule has 1 aliphatic rings. The van der Waals surface area contributed by atoms with Gasteiger partial charge in [-0.25, -0.2) is 8.42 Å². The molecule has 1 aromatic heterocycles. The first-order valence-electron chi connectivity index (χ1n) is 8.50. The van der Waals surface area contributed by atoms with E-state index in [1.54, 1.807) is 12.1 Å². The Hall–Kier alpha value is -3.52. The van der Waals surface area contributed by atoms with Crippen LogP contribution in [-0.4, -0.2) is 20.9 Å². The Morgan fingerprint density at radius 3 is 2.64 bits per heavy atom. The van der Waals surface area contributed by atoms with Gasteiger partial charge in [-0.1, -0.05) is 18.2 Å². The second kappa shape index (κ2) is 6.00. The fraction of sp³-hybridized carbons (Fsp3) is 0.0500. The zero-order chi connectivity index (χ0) is 19.3. The van der Waals surface area contributed by atoms with Gasteiger partial charge in [0.25, 0.3) is 15.9 Å². The van der Waals surface area contributed by atoms with Crippen LogP contribution in [0.4, 0.5) is 11.4 Å². The number of rotatable bonds is 3. The zero-order valence-electron chi connectivity index (χ0n) is 14.4. The lowest BCUT2D eigenvalue weighted by Crippen LogP contribution is -2.25. The van der Waals surface area contributed by atoms with E-state index < -0.39 is 10.0 Å². The maximum absolute atomic E-state index is 12.8. The Morgan fingerprint density at radius 1 is 0.929 bits per heavy atom. The molecular weight excluding hydrogens is 380 g/mol. The summed E-state index contributed by atoms with van der Waals surface area (Å²) in [5.74, 6) is 0.104. The largest absolute Gasteiger partial charge is 0.482 e. The minimum atomic E-state index is -3.86. The van der Waals surface area contributed by atoms with Crippen LogP contribution in [0.15, 0.2) is 70.0 Å². The number of para-hydroxylation sites is 1. The molecule has 4 aromatic rings. The number of carbonyl (C=O) groups excluding carboxylic acids is 1. The highest BCUT2D eigenvalue weighted by Crippen LogP contribution is 2.33. The van der Waals surface area contributed by atoms with Crippen LogP contribution in [0.25, 0.3) is 21.9 Å². The van der Waals surface area contributed by atoms with E-state index in [4.69, 9.17) is 9.15 Å². The molecule has 0 saturated carbocycles. The van der Waals surface area contributed by atoms with Crippen molar-refractivity contribution in [1.29, 1.82) is 0 Å². The highest BCUT2D eigenvalue weighted by molar-refractivity contribution is 7.92. The van der Waals surface area contributed by atoms with Gasteiger partial charge in [0.1, 0.15) is 16.9 Å². The van der Waals surface area contributed by atoms with Gasteiger partial charge in [-0.3, -0.25) is 9.52 Å². The third-order valence-electron chi connectivity index (χ3n) is 4.53. The highest BCUT2D eigenvalue weighted by atomic mass is 32.2. The van der Waals surface area contributed by atoms with E-state index in [0.717, 1.165) is 16.4 Å². The number of benzene rings is 3. The van der Waals surface area contributed by atoms with Gasteiger partial charge in [-0.15, -0.1) is 0 Å². The van der Waals surface area contributed by atoms with E-state index in [0.29, 0.717) is 22.7 Å². The number of ether oxygens (including phenoxy) is 1. The van der Waals surface area contributed by atoms with Crippen molar-refractivity contribution in [1.82, 2.24) is 0 Å². The van der Waals surface area contributed by atoms with E-state index in [1.807, 2.05) is 30.3 Å². The van der Waals surface area contributed by atoms with Crippen LogP contribution in [0.1, 0.15) is 0 Å². The summed E-state index contributed by atoms with van der Waals surface area (Å²) in [6.45, 7) is -0.0884. The van der Waals surface area contributed by atoms with E-state index in [2.05, 4.69) is 10.0 Å². The van der Waals surface area contributed by atoms with Gasteiger partial charge in [0.15, 0.2) is 6.61 Å². The highest BCUT2D eigenvalue weighted by Gasteiger charge is 2.21. The molecule has 1 aliphatic heterocycles. The van der Waals surface area contributed by atoms with Gasteiger partial charge in [0.05, 0.1) is 16.3 Å². The standard InChI is InChI=1S/C20H14N2O5S/c23-20-11-26-18-8-6-13(10-16(18)21-20)28(24,25)22-12-5-7-15-14-3-1-2-4-17(14)27-19(15)9-12/h1-10,22H,11H2,(H,21,23). The van der Waals surface area contributed by atoms with Crippen molar-refractivity contribution < 1.29 is 22.4 Å². The maximum Gasteiger partial charge on any atom is 0.262 e. The molecule has 3 aromatic carbocycles. The molecule has 1 amide bonds. The summed E-state index contributed by atoms with van der Waals surface area (Å²) in [5, 5.41) is 4.48. The van der Waals surface area contributed by atoms with Crippen molar-refractivity contribution in [2.75, 3.05) is 16.6 Å². The normalized spacial score (nSPS) is 13.8. The van der Waals surface area contributed by atoms with Crippen molar-refractivity contribution in [3.05, 3.63) is 60.7 Å². The SMILES string of the molecule is O=C1COc2ccc(S(=O)(=O)Nc3ccc4c(c3)oc3ccccc34)cc2N1. The number of carbonyl (C=O) groups is 1. The number of hydrogen-bond acceptors (Lipinski definition) is 5. The minimum Gasteiger partial charge on any atom is -0.482 e. The summed E-state index contributed by atoms with van der Waals surface area (Å²) in [6.07, 6.45) is 0. The summed E-state index contributed by atoms with van der Waals surface area (Å²) in [5.41, 5.74) is 2.03. The number of amides is 1. The van der Waals surface area contributed by atoms with Crippen LogP contribution >= 0.6 is 0 Å². The molecule has 0 saturated heterocycles. The third kappa shape index (κ3) is 2.74. The van der Waals surface area contributed by atoms with E-state index in [1.165, 1.54) is 18.2 Å². The Kier molecular flexibility index (Phi) is 3.56. The quantitative estimate of drug-likeness (QED) is 0.552. The maximum atomic E-state index is 12.8. The Bertz CT molecular complexity index is 1360. The van der Waals surface area contributed by atoms with Crippen LogP contribution in [0.3, 0.4) is 0 Å². The molecule has 2 N–H and O–H groups in total. The average molecular weight is 394 g/mol. The molecule has 0 aliphatic carbocycles. The summed E-state index contributed by atoms with van der Waals surface area (Å²) in [6, 6.07) is 17.1.